The summed E-state index contributed by atoms with van der Waals surface area (Å²) in [5.74, 6) is -0.385. The van der Waals surface area contributed by atoms with E-state index in [1.54, 1.807) is 0 Å². The number of nitrogens with one attached hydrogen (secondary N) is 2. The van der Waals surface area contributed by atoms with Crippen molar-refractivity contribution in [3.8, 4) is 0 Å². The zero-order valence-corrected chi connectivity index (χ0v) is 13.0. The molecule has 0 aromatic heterocycles. The van der Waals surface area contributed by atoms with Crippen LogP contribution >= 0.6 is 15.9 Å². The molecule has 2 N–H and O–H groups in total. The van der Waals surface area contributed by atoms with Gasteiger partial charge < -0.3 is 10.6 Å². The molecule has 0 saturated carbocycles. The zero-order chi connectivity index (χ0) is 15.1. The normalized spacial score (nSPS) is 10.4. The van der Waals surface area contributed by atoms with Crippen molar-refractivity contribution in [1.29, 1.82) is 0 Å². The van der Waals surface area contributed by atoms with E-state index in [-0.39, 0.29) is 18.3 Å². The molecule has 2 rings (SSSR count). The number of hydrogen-bond donors (Lipinski definition) is 2. The van der Waals surface area contributed by atoms with Gasteiger partial charge in [0.1, 0.15) is 5.82 Å². The molecule has 0 aliphatic heterocycles. The highest BCUT2D eigenvalue weighted by atomic mass is 79.9. The van der Waals surface area contributed by atoms with Crippen molar-refractivity contribution in [2.75, 3.05) is 6.54 Å². The minimum atomic E-state index is -0.297. The molecule has 0 aliphatic rings. The number of halogens is 2. The lowest BCUT2D eigenvalue weighted by Crippen LogP contribution is -2.33. The Morgan fingerprint density at radius 2 is 1.81 bits per heavy atom. The SMILES string of the molecule is O=C(CNCc1cc(F)cc(Br)c1)NCc1ccccc1. The van der Waals surface area contributed by atoms with E-state index < -0.39 is 0 Å². The van der Waals surface area contributed by atoms with Gasteiger partial charge in [0.25, 0.3) is 0 Å². The number of amides is 1. The molecule has 110 valence electrons. The molecule has 0 heterocycles. The van der Waals surface area contributed by atoms with Crippen LogP contribution in [0.25, 0.3) is 0 Å². The summed E-state index contributed by atoms with van der Waals surface area (Å²) in [4.78, 5) is 11.7. The Hall–Kier alpha value is -1.72. The van der Waals surface area contributed by atoms with Gasteiger partial charge in [-0.15, -0.1) is 0 Å². The zero-order valence-electron chi connectivity index (χ0n) is 11.4. The van der Waals surface area contributed by atoms with E-state index in [4.69, 9.17) is 0 Å². The van der Waals surface area contributed by atoms with E-state index in [1.165, 1.54) is 12.1 Å². The maximum atomic E-state index is 13.2. The van der Waals surface area contributed by atoms with Crippen molar-refractivity contribution in [1.82, 2.24) is 10.6 Å². The van der Waals surface area contributed by atoms with E-state index in [0.717, 1.165) is 11.1 Å². The minimum absolute atomic E-state index is 0.0886. The number of carbonyl (C=O) groups is 1. The smallest absolute Gasteiger partial charge is 0.234 e. The van der Waals surface area contributed by atoms with E-state index in [9.17, 15) is 9.18 Å². The average molecular weight is 351 g/mol. The summed E-state index contributed by atoms with van der Waals surface area (Å²) in [5, 5.41) is 5.82. The van der Waals surface area contributed by atoms with Gasteiger partial charge in [-0.2, -0.15) is 0 Å². The highest BCUT2D eigenvalue weighted by Crippen LogP contribution is 2.14. The van der Waals surface area contributed by atoms with Crippen LogP contribution in [0.15, 0.2) is 53.0 Å². The third kappa shape index (κ3) is 5.65. The van der Waals surface area contributed by atoms with Crippen LogP contribution in [0.2, 0.25) is 0 Å². The first-order chi connectivity index (χ1) is 10.1. The molecule has 5 heteroatoms. The summed E-state index contributed by atoms with van der Waals surface area (Å²) in [6.07, 6.45) is 0. The molecule has 0 spiro atoms. The van der Waals surface area contributed by atoms with Crippen LogP contribution in [0, 0.1) is 5.82 Å². The molecule has 0 saturated heterocycles. The van der Waals surface area contributed by atoms with E-state index >= 15 is 0 Å². The molecule has 2 aromatic carbocycles. The number of benzene rings is 2. The van der Waals surface area contributed by atoms with Gasteiger partial charge in [0.15, 0.2) is 0 Å². The van der Waals surface area contributed by atoms with Gasteiger partial charge in [-0.3, -0.25) is 4.79 Å². The maximum Gasteiger partial charge on any atom is 0.234 e. The summed E-state index contributed by atoms with van der Waals surface area (Å²) in [7, 11) is 0. The van der Waals surface area contributed by atoms with Gasteiger partial charge in [-0.05, 0) is 29.3 Å². The summed E-state index contributed by atoms with van der Waals surface area (Å²) in [5.41, 5.74) is 1.85. The van der Waals surface area contributed by atoms with Crippen LogP contribution in [0.3, 0.4) is 0 Å². The Bertz CT molecular complexity index is 584. The standard InChI is InChI=1S/C16H16BrFN2O/c17-14-6-13(7-15(18)8-14)9-19-11-16(21)20-10-12-4-2-1-3-5-12/h1-8,19H,9-11H2,(H,20,21). The minimum Gasteiger partial charge on any atom is -0.351 e. The second-order valence-corrected chi connectivity index (χ2v) is 5.56. The fraction of sp³-hybridized carbons (Fsp3) is 0.188. The van der Waals surface area contributed by atoms with Crippen LogP contribution < -0.4 is 10.6 Å². The van der Waals surface area contributed by atoms with Crippen LogP contribution in [0.5, 0.6) is 0 Å². The average Bonchev–Trinajstić information content (AvgIpc) is 2.45. The molecule has 0 bridgehead atoms. The second kappa shape index (κ2) is 7.90. The molecule has 1 amide bonds. The third-order valence-corrected chi connectivity index (χ3v) is 3.33. The molecule has 0 aliphatic carbocycles. The predicted molar refractivity (Wildman–Crippen MR) is 84.1 cm³/mol. The Morgan fingerprint density at radius 1 is 1.05 bits per heavy atom. The molecule has 2 aromatic rings. The lowest BCUT2D eigenvalue weighted by atomic mass is 10.2. The largest absolute Gasteiger partial charge is 0.351 e. The molecule has 0 fully saturated rings. The first-order valence-corrected chi connectivity index (χ1v) is 7.39. The quantitative estimate of drug-likeness (QED) is 0.840. The van der Waals surface area contributed by atoms with Crippen molar-refractivity contribution < 1.29 is 9.18 Å². The number of rotatable bonds is 6. The number of hydrogen-bond acceptors (Lipinski definition) is 2. The van der Waals surface area contributed by atoms with Gasteiger partial charge in [0.05, 0.1) is 6.54 Å². The predicted octanol–water partition coefficient (Wildman–Crippen LogP) is 2.99. The molecule has 0 radical (unpaired) electrons. The van der Waals surface area contributed by atoms with E-state index in [2.05, 4.69) is 26.6 Å². The Morgan fingerprint density at radius 3 is 2.52 bits per heavy atom. The monoisotopic (exact) mass is 350 g/mol. The second-order valence-electron chi connectivity index (χ2n) is 4.64. The Labute approximate surface area is 131 Å². The molecule has 0 unspecified atom stereocenters. The van der Waals surface area contributed by atoms with Gasteiger partial charge in [0.2, 0.25) is 5.91 Å². The van der Waals surface area contributed by atoms with Gasteiger partial charge in [0, 0.05) is 17.6 Å². The van der Waals surface area contributed by atoms with Crippen molar-refractivity contribution >= 4 is 21.8 Å². The van der Waals surface area contributed by atoms with Crippen LogP contribution in [0.4, 0.5) is 4.39 Å². The highest BCUT2D eigenvalue weighted by Gasteiger charge is 2.02. The van der Waals surface area contributed by atoms with Gasteiger partial charge in [-0.25, -0.2) is 4.39 Å². The maximum absolute atomic E-state index is 13.2. The molecular formula is C16H16BrFN2O. The summed E-state index contributed by atoms with van der Waals surface area (Å²) in [6.45, 7) is 1.14. The Balaban J connectivity index is 1.72. The lowest BCUT2D eigenvalue weighted by Gasteiger charge is -2.07. The fourth-order valence-electron chi connectivity index (χ4n) is 1.89. The molecular weight excluding hydrogens is 335 g/mol. The summed E-state index contributed by atoms with van der Waals surface area (Å²) < 4.78 is 13.9. The topological polar surface area (TPSA) is 41.1 Å². The van der Waals surface area contributed by atoms with Crippen molar-refractivity contribution in [2.24, 2.45) is 0 Å². The number of carbonyl (C=O) groups excluding carboxylic acids is 1. The van der Waals surface area contributed by atoms with E-state index in [1.807, 2.05) is 36.4 Å². The Kier molecular flexibility index (Phi) is 5.90. The van der Waals surface area contributed by atoms with Crippen LogP contribution in [-0.4, -0.2) is 12.5 Å². The van der Waals surface area contributed by atoms with E-state index in [0.29, 0.717) is 17.6 Å². The first kappa shape index (κ1) is 15.7. The summed E-state index contributed by atoms with van der Waals surface area (Å²) in [6, 6.07) is 14.4. The van der Waals surface area contributed by atoms with Gasteiger partial charge >= 0.3 is 0 Å². The van der Waals surface area contributed by atoms with Crippen molar-refractivity contribution in [3.05, 3.63) is 69.9 Å². The lowest BCUT2D eigenvalue weighted by molar-refractivity contribution is -0.120. The fourth-order valence-corrected chi connectivity index (χ4v) is 2.41. The third-order valence-electron chi connectivity index (χ3n) is 2.87. The van der Waals surface area contributed by atoms with Gasteiger partial charge in [-0.1, -0.05) is 46.3 Å². The first-order valence-electron chi connectivity index (χ1n) is 6.60. The van der Waals surface area contributed by atoms with Crippen LogP contribution in [-0.2, 0) is 17.9 Å². The van der Waals surface area contributed by atoms with Crippen molar-refractivity contribution in [3.63, 3.8) is 0 Å². The molecule has 21 heavy (non-hydrogen) atoms. The van der Waals surface area contributed by atoms with Crippen molar-refractivity contribution in [2.45, 2.75) is 13.1 Å². The molecule has 0 atom stereocenters. The summed E-state index contributed by atoms with van der Waals surface area (Å²) >= 11 is 3.24. The molecule has 3 nitrogen and oxygen atoms in total. The highest BCUT2D eigenvalue weighted by molar-refractivity contribution is 9.10. The van der Waals surface area contributed by atoms with Crippen LogP contribution in [0.1, 0.15) is 11.1 Å².